The van der Waals surface area contributed by atoms with Crippen LogP contribution in [0, 0.1) is 0 Å². The number of fused-ring (bicyclic) bond motifs is 1. The smallest absolute Gasteiger partial charge is 0.416 e. The molecule has 0 fully saturated rings. The van der Waals surface area contributed by atoms with Gasteiger partial charge in [0.2, 0.25) is 5.91 Å². The second-order valence-electron chi connectivity index (χ2n) is 6.59. The van der Waals surface area contributed by atoms with Crippen LogP contribution in [-0.4, -0.2) is 38.5 Å². The summed E-state index contributed by atoms with van der Waals surface area (Å²) in [4.78, 5) is 20.8. The van der Waals surface area contributed by atoms with Crippen LogP contribution in [-0.2, 0) is 11.0 Å². The van der Waals surface area contributed by atoms with E-state index in [0.717, 1.165) is 29.6 Å². The van der Waals surface area contributed by atoms with Gasteiger partial charge in [-0.3, -0.25) is 4.79 Å². The minimum absolute atomic E-state index is 0.0456. The number of aromatic nitrogens is 4. The Kier molecular flexibility index (Phi) is 5.99. The minimum Gasteiger partial charge on any atom is -0.497 e. The number of thioether (sulfide) groups is 1. The maximum absolute atomic E-state index is 12.8. The van der Waals surface area contributed by atoms with Gasteiger partial charge in [0, 0.05) is 5.69 Å². The Morgan fingerprint density at radius 2 is 1.94 bits per heavy atom. The highest BCUT2D eigenvalue weighted by molar-refractivity contribution is 8.00. The van der Waals surface area contributed by atoms with Gasteiger partial charge in [0.05, 0.1) is 35.7 Å². The molecule has 7 nitrogen and oxygen atoms in total. The molecule has 1 N–H and O–H groups in total. The van der Waals surface area contributed by atoms with Gasteiger partial charge in [-0.1, -0.05) is 17.8 Å². The Labute approximate surface area is 184 Å². The summed E-state index contributed by atoms with van der Waals surface area (Å²) in [5, 5.41) is 8.03. The van der Waals surface area contributed by atoms with E-state index in [4.69, 9.17) is 4.74 Å². The van der Waals surface area contributed by atoms with E-state index in [1.54, 1.807) is 30.1 Å². The van der Waals surface area contributed by atoms with E-state index in [1.807, 2.05) is 12.1 Å². The maximum atomic E-state index is 12.8. The normalized spacial score (nSPS) is 11.5. The largest absolute Gasteiger partial charge is 0.497 e. The maximum Gasteiger partial charge on any atom is 0.416 e. The van der Waals surface area contributed by atoms with Crippen LogP contribution in [0.3, 0.4) is 0 Å². The molecule has 2 heterocycles. The number of nitrogens with zero attached hydrogens (tertiary/aromatic N) is 4. The van der Waals surface area contributed by atoms with E-state index in [2.05, 4.69) is 20.4 Å². The standard InChI is InChI=1S/C21H16F3N5O2S/c1-31-16-7-5-15(6-8-16)29-19-17(10-27-29)20(26-12-25-19)32-11-18(30)28-14-4-2-3-13(9-14)21(22,23)24/h2-10,12H,11H2,1H3,(H,28,30). The highest BCUT2D eigenvalue weighted by Crippen LogP contribution is 2.31. The number of hydrogen-bond donors (Lipinski definition) is 1. The number of rotatable bonds is 6. The van der Waals surface area contributed by atoms with Crippen LogP contribution in [0.2, 0.25) is 0 Å². The molecule has 4 aromatic rings. The average molecular weight is 459 g/mol. The Morgan fingerprint density at radius 1 is 1.16 bits per heavy atom. The Hall–Kier alpha value is -3.60. The molecule has 32 heavy (non-hydrogen) atoms. The summed E-state index contributed by atoms with van der Waals surface area (Å²) in [5.41, 5.74) is 0.584. The summed E-state index contributed by atoms with van der Waals surface area (Å²) in [6.07, 6.45) is -1.50. The SMILES string of the molecule is COc1ccc(-n2ncc3c(SCC(=O)Nc4cccc(C(F)(F)F)c4)ncnc32)cc1. The molecule has 2 aromatic carbocycles. The third-order valence-corrected chi connectivity index (χ3v) is 5.47. The van der Waals surface area contributed by atoms with Gasteiger partial charge in [-0.15, -0.1) is 0 Å². The first-order valence-electron chi connectivity index (χ1n) is 9.28. The van der Waals surface area contributed by atoms with Crippen molar-refractivity contribution in [2.45, 2.75) is 11.2 Å². The molecule has 0 radical (unpaired) electrons. The van der Waals surface area contributed by atoms with Crippen molar-refractivity contribution in [2.24, 2.45) is 0 Å². The number of ether oxygens (including phenoxy) is 1. The van der Waals surface area contributed by atoms with Crippen LogP contribution in [0.5, 0.6) is 5.75 Å². The minimum atomic E-state index is -4.48. The Balaban J connectivity index is 1.48. The highest BCUT2D eigenvalue weighted by Gasteiger charge is 2.30. The molecule has 0 aliphatic heterocycles. The summed E-state index contributed by atoms with van der Waals surface area (Å²) in [6, 6.07) is 11.8. The predicted octanol–water partition coefficient (Wildman–Crippen LogP) is 4.57. The van der Waals surface area contributed by atoms with E-state index < -0.39 is 17.6 Å². The lowest BCUT2D eigenvalue weighted by molar-refractivity contribution is -0.137. The van der Waals surface area contributed by atoms with Gasteiger partial charge in [-0.05, 0) is 42.5 Å². The molecule has 2 aromatic heterocycles. The van der Waals surface area contributed by atoms with Gasteiger partial charge in [0.25, 0.3) is 0 Å². The lowest BCUT2D eigenvalue weighted by Crippen LogP contribution is -2.15. The number of hydrogen-bond acceptors (Lipinski definition) is 6. The fraction of sp³-hybridized carbons (Fsp3) is 0.143. The van der Waals surface area contributed by atoms with E-state index in [0.29, 0.717) is 21.8 Å². The molecule has 0 aliphatic rings. The van der Waals surface area contributed by atoms with Gasteiger partial charge in [-0.25, -0.2) is 14.6 Å². The fourth-order valence-electron chi connectivity index (χ4n) is 2.95. The number of anilines is 1. The van der Waals surface area contributed by atoms with E-state index in [1.165, 1.54) is 18.5 Å². The number of alkyl halides is 3. The number of methoxy groups -OCH3 is 1. The summed E-state index contributed by atoms with van der Waals surface area (Å²) in [7, 11) is 1.58. The summed E-state index contributed by atoms with van der Waals surface area (Å²) < 4.78 is 45.3. The number of carbonyl (C=O) groups is 1. The first kappa shape index (κ1) is 21.6. The van der Waals surface area contributed by atoms with Crippen LogP contribution in [0.1, 0.15) is 5.56 Å². The lowest BCUT2D eigenvalue weighted by Gasteiger charge is -2.10. The summed E-state index contributed by atoms with van der Waals surface area (Å²) in [5.74, 6) is 0.210. The lowest BCUT2D eigenvalue weighted by atomic mass is 10.2. The Morgan fingerprint density at radius 3 is 2.66 bits per heavy atom. The second kappa shape index (κ2) is 8.87. The zero-order chi connectivity index (χ0) is 22.7. The zero-order valence-corrected chi connectivity index (χ0v) is 17.4. The quantitative estimate of drug-likeness (QED) is 0.336. The predicted molar refractivity (Wildman–Crippen MR) is 114 cm³/mol. The number of halogens is 3. The molecule has 0 aliphatic carbocycles. The third kappa shape index (κ3) is 4.67. The second-order valence-corrected chi connectivity index (χ2v) is 7.55. The molecule has 0 spiro atoms. The van der Waals surface area contributed by atoms with Crippen molar-refractivity contribution in [1.82, 2.24) is 19.7 Å². The van der Waals surface area contributed by atoms with Crippen LogP contribution in [0.25, 0.3) is 16.7 Å². The molecule has 0 saturated carbocycles. The molecule has 0 bridgehead atoms. The van der Waals surface area contributed by atoms with Crippen molar-refractivity contribution in [3.63, 3.8) is 0 Å². The first-order chi connectivity index (χ1) is 15.3. The topological polar surface area (TPSA) is 81.9 Å². The summed E-state index contributed by atoms with van der Waals surface area (Å²) in [6.45, 7) is 0. The molecule has 1 amide bonds. The number of carbonyl (C=O) groups excluding carboxylic acids is 1. The van der Waals surface area contributed by atoms with Crippen molar-refractivity contribution in [1.29, 1.82) is 0 Å². The van der Waals surface area contributed by atoms with Crippen molar-refractivity contribution in [3.05, 3.63) is 66.6 Å². The number of nitrogens with one attached hydrogen (secondary N) is 1. The van der Waals surface area contributed by atoms with Gasteiger partial charge >= 0.3 is 6.18 Å². The van der Waals surface area contributed by atoms with E-state index >= 15 is 0 Å². The van der Waals surface area contributed by atoms with Crippen molar-refractivity contribution in [2.75, 3.05) is 18.2 Å². The van der Waals surface area contributed by atoms with Gasteiger partial charge in [0.15, 0.2) is 5.65 Å². The monoisotopic (exact) mass is 459 g/mol. The number of amides is 1. The van der Waals surface area contributed by atoms with E-state index in [9.17, 15) is 18.0 Å². The van der Waals surface area contributed by atoms with Crippen LogP contribution in [0.15, 0.2) is 66.1 Å². The molecular formula is C21H16F3N5O2S. The third-order valence-electron chi connectivity index (χ3n) is 4.46. The fourth-order valence-corrected chi connectivity index (χ4v) is 3.72. The van der Waals surface area contributed by atoms with Crippen molar-refractivity contribution in [3.8, 4) is 11.4 Å². The van der Waals surface area contributed by atoms with Crippen molar-refractivity contribution >= 4 is 34.4 Å². The molecule has 0 saturated heterocycles. The van der Waals surface area contributed by atoms with Crippen LogP contribution in [0.4, 0.5) is 18.9 Å². The molecular weight excluding hydrogens is 443 g/mol. The van der Waals surface area contributed by atoms with Gasteiger partial charge in [0.1, 0.15) is 17.1 Å². The van der Waals surface area contributed by atoms with E-state index in [-0.39, 0.29) is 11.4 Å². The van der Waals surface area contributed by atoms with Crippen LogP contribution < -0.4 is 10.1 Å². The molecule has 4 rings (SSSR count). The first-order valence-corrected chi connectivity index (χ1v) is 10.3. The van der Waals surface area contributed by atoms with Gasteiger partial charge < -0.3 is 10.1 Å². The molecule has 11 heteroatoms. The molecule has 0 atom stereocenters. The highest BCUT2D eigenvalue weighted by atomic mass is 32.2. The van der Waals surface area contributed by atoms with Crippen molar-refractivity contribution < 1.29 is 22.7 Å². The molecule has 164 valence electrons. The summed E-state index contributed by atoms with van der Waals surface area (Å²) >= 11 is 1.14. The average Bonchev–Trinajstić information content (AvgIpc) is 3.22. The van der Waals surface area contributed by atoms with Crippen LogP contribution >= 0.6 is 11.8 Å². The van der Waals surface area contributed by atoms with Gasteiger partial charge in [-0.2, -0.15) is 18.3 Å². The number of benzene rings is 2. The molecule has 0 unspecified atom stereocenters. The Bertz CT molecular complexity index is 1260. The zero-order valence-electron chi connectivity index (χ0n) is 16.6.